The van der Waals surface area contributed by atoms with Crippen molar-refractivity contribution in [1.29, 1.82) is 0 Å². The van der Waals surface area contributed by atoms with Gasteiger partial charge in [0, 0.05) is 37.0 Å². The molecule has 100 valence electrons. The van der Waals surface area contributed by atoms with Crippen LogP contribution < -0.4 is 9.47 Å². The van der Waals surface area contributed by atoms with Crippen LogP contribution in [0.4, 0.5) is 0 Å². The van der Waals surface area contributed by atoms with Gasteiger partial charge in [-0.1, -0.05) is 0 Å². The number of ether oxygens (including phenoxy) is 2. The van der Waals surface area contributed by atoms with Crippen LogP contribution in [0.25, 0.3) is 0 Å². The molecule has 2 aromatic rings. The molecule has 1 aliphatic carbocycles. The van der Waals surface area contributed by atoms with Crippen molar-refractivity contribution < 1.29 is 9.47 Å². The SMILES string of the molecule is COc1cc(Cn2ccnc2C2CC2)cc(OC)n1. The van der Waals surface area contributed by atoms with Crippen molar-refractivity contribution in [3.63, 3.8) is 0 Å². The minimum atomic E-state index is 0.572. The van der Waals surface area contributed by atoms with E-state index in [1.54, 1.807) is 14.2 Å². The number of pyridine rings is 1. The molecule has 5 heteroatoms. The summed E-state index contributed by atoms with van der Waals surface area (Å²) in [6.07, 6.45) is 6.39. The average molecular weight is 259 g/mol. The van der Waals surface area contributed by atoms with Gasteiger partial charge in [0.2, 0.25) is 11.8 Å². The first-order valence-corrected chi connectivity index (χ1v) is 6.40. The van der Waals surface area contributed by atoms with Gasteiger partial charge in [-0.05, 0) is 18.4 Å². The summed E-state index contributed by atoms with van der Waals surface area (Å²) in [6.45, 7) is 0.765. The monoisotopic (exact) mass is 259 g/mol. The zero-order valence-corrected chi connectivity index (χ0v) is 11.2. The third-order valence-corrected chi connectivity index (χ3v) is 3.30. The van der Waals surface area contributed by atoms with E-state index in [0.717, 1.165) is 12.1 Å². The standard InChI is InChI=1S/C14H17N3O2/c1-18-12-7-10(8-13(16-12)19-2)9-17-6-5-15-14(17)11-3-4-11/h5-8,11H,3-4,9H2,1-2H3. The molecular weight excluding hydrogens is 242 g/mol. The van der Waals surface area contributed by atoms with Gasteiger partial charge >= 0.3 is 0 Å². The van der Waals surface area contributed by atoms with Gasteiger partial charge in [-0.3, -0.25) is 0 Å². The van der Waals surface area contributed by atoms with Crippen LogP contribution in [-0.4, -0.2) is 28.8 Å². The van der Waals surface area contributed by atoms with Crippen molar-refractivity contribution in [2.75, 3.05) is 14.2 Å². The lowest BCUT2D eigenvalue weighted by atomic mass is 10.2. The molecule has 3 rings (SSSR count). The highest BCUT2D eigenvalue weighted by molar-refractivity contribution is 5.29. The number of aromatic nitrogens is 3. The maximum atomic E-state index is 5.19. The third-order valence-electron chi connectivity index (χ3n) is 3.30. The zero-order valence-electron chi connectivity index (χ0n) is 11.2. The van der Waals surface area contributed by atoms with Crippen LogP contribution in [0.15, 0.2) is 24.5 Å². The first kappa shape index (κ1) is 12.0. The summed E-state index contributed by atoms with van der Waals surface area (Å²) in [5, 5.41) is 0. The Balaban J connectivity index is 1.87. The molecule has 0 aliphatic heterocycles. The summed E-state index contributed by atoms with van der Waals surface area (Å²) in [5.74, 6) is 2.96. The number of imidazole rings is 1. The molecule has 2 heterocycles. The number of rotatable bonds is 5. The van der Waals surface area contributed by atoms with E-state index in [4.69, 9.17) is 9.47 Å². The fourth-order valence-corrected chi connectivity index (χ4v) is 2.18. The first-order valence-electron chi connectivity index (χ1n) is 6.40. The van der Waals surface area contributed by atoms with E-state index >= 15 is 0 Å². The Morgan fingerprint density at radius 1 is 1.21 bits per heavy atom. The smallest absolute Gasteiger partial charge is 0.216 e. The van der Waals surface area contributed by atoms with E-state index in [2.05, 4.69) is 14.5 Å². The molecule has 19 heavy (non-hydrogen) atoms. The third kappa shape index (κ3) is 2.54. The Labute approximate surface area is 112 Å². The highest BCUT2D eigenvalue weighted by atomic mass is 16.5. The highest BCUT2D eigenvalue weighted by Gasteiger charge is 2.27. The summed E-state index contributed by atoms with van der Waals surface area (Å²) in [6, 6.07) is 3.86. The van der Waals surface area contributed by atoms with Crippen LogP contribution >= 0.6 is 0 Å². The molecular formula is C14H17N3O2. The molecule has 2 aromatic heterocycles. The molecule has 0 bridgehead atoms. The summed E-state index contributed by atoms with van der Waals surface area (Å²) >= 11 is 0. The number of hydrogen-bond acceptors (Lipinski definition) is 4. The van der Waals surface area contributed by atoms with Crippen LogP contribution in [0, 0.1) is 0 Å². The van der Waals surface area contributed by atoms with Crippen molar-refractivity contribution in [2.24, 2.45) is 0 Å². The van der Waals surface area contributed by atoms with Gasteiger partial charge in [0.15, 0.2) is 0 Å². The summed E-state index contributed by atoms with van der Waals surface area (Å²) in [7, 11) is 3.22. The molecule has 0 aromatic carbocycles. The van der Waals surface area contributed by atoms with Crippen molar-refractivity contribution in [3.8, 4) is 11.8 Å². The maximum absolute atomic E-state index is 5.19. The second-order valence-electron chi connectivity index (χ2n) is 4.75. The molecule has 0 N–H and O–H groups in total. The number of methoxy groups -OCH3 is 2. The Hall–Kier alpha value is -2.04. The predicted octanol–water partition coefficient (Wildman–Crippen LogP) is 2.22. The van der Waals surface area contributed by atoms with Crippen LogP contribution in [0.3, 0.4) is 0 Å². The second kappa shape index (κ2) is 4.91. The van der Waals surface area contributed by atoms with E-state index < -0.39 is 0 Å². The quantitative estimate of drug-likeness (QED) is 0.826. The van der Waals surface area contributed by atoms with Crippen LogP contribution in [0.5, 0.6) is 11.8 Å². The van der Waals surface area contributed by atoms with Crippen molar-refractivity contribution >= 4 is 0 Å². The van der Waals surface area contributed by atoms with Gasteiger partial charge in [0.1, 0.15) is 5.82 Å². The topological polar surface area (TPSA) is 49.2 Å². The fourth-order valence-electron chi connectivity index (χ4n) is 2.18. The minimum Gasteiger partial charge on any atom is -0.481 e. The zero-order chi connectivity index (χ0) is 13.2. The van der Waals surface area contributed by atoms with Gasteiger partial charge in [0.25, 0.3) is 0 Å². The van der Waals surface area contributed by atoms with E-state index in [-0.39, 0.29) is 0 Å². The van der Waals surface area contributed by atoms with Crippen LogP contribution in [0.2, 0.25) is 0 Å². The molecule has 0 unspecified atom stereocenters. The molecule has 0 amide bonds. The Morgan fingerprint density at radius 3 is 2.47 bits per heavy atom. The van der Waals surface area contributed by atoms with E-state index in [1.165, 1.54) is 18.7 Å². The Kier molecular flexibility index (Phi) is 3.11. The van der Waals surface area contributed by atoms with Gasteiger partial charge in [-0.2, -0.15) is 4.98 Å². The summed E-state index contributed by atoms with van der Waals surface area (Å²) in [5.41, 5.74) is 1.10. The van der Waals surface area contributed by atoms with Gasteiger partial charge in [0.05, 0.1) is 14.2 Å². The normalized spacial score (nSPS) is 14.4. The highest BCUT2D eigenvalue weighted by Crippen LogP contribution is 2.39. The van der Waals surface area contributed by atoms with E-state index in [9.17, 15) is 0 Å². The number of hydrogen-bond donors (Lipinski definition) is 0. The van der Waals surface area contributed by atoms with Crippen LogP contribution in [0.1, 0.15) is 30.1 Å². The predicted molar refractivity (Wildman–Crippen MR) is 70.6 cm³/mol. The number of nitrogens with zero attached hydrogens (tertiary/aromatic N) is 3. The maximum Gasteiger partial charge on any atom is 0.216 e. The summed E-state index contributed by atoms with van der Waals surface area (Å²) < 4.78 is 12.6. The first-order chi connectivity index (χ1) is 9.30. The summed E-state index contributed by atoms with van der Waals surface area (Å²) in [4.78, 5) is 8.64. The molecule has 1 aliphatic rings. The fraction of sp³-hybridized carbons (Fsp3) is 0.429. The van der Waals surface area contributed by atoms with Gasteiger partial charge < -0.3 is 14.0 Å². The Morgan fingerprint density at radius 2 is 1.89 bits per heavy atom. The van der Waals surface area contributed by atoms with E-state index in [1.807, 2.05) is 24.5 Å². The lowest BCUT2D eigenvalue weighted by molar-refractivity contribution is 0.363. The van der Waals surface area contributed by atoms with Gasteiger partial charge in [-0.15, -0.1) is 0 Å². The molecule has 1 fully saturated rings. The molecule has 0 atom stereocenters. The largest absolute Gasteiger partial charge is 0.481 e. The van der Waals surface area contributed by atoms with E-state index in [0.29, 0.717) is 17.7 Å². The van der Waals surface area contributed by atoms with Crippen molar-refractivity contribution in [3.05, 3.63) is 35.9 Å². The molecule has 0 saturated heterocycles. The lowest BCUT2D eigenvalue weighted by Gasteiger charge is -2.10. The molecule has 5 nitrogen and oxygen atoms in total. The molecule has 0 spiro atoms. The Bertz CT molecular complexity index is 554. The second-order valence-corrected chi connectivity index (χ2v) is 4.75. The molecule has 0 radical (unpaired) electrons. The van der Waals surface area contributed by atoms with Crippen LogP contribution in [-0.2, 0) is 6.54 Å². The lowest BCUT2D eigenvalue weighted by Crippen LogP contribution is -2.04. The van der Waals surface area contributed by atoms with Gasteiger partial charge in [-0.25, -0.2) is 4.98 Å². The minimum absolute atomic E-state index is 0.572. The van der Waals surface area contributed by atoms with Crippen molar-refractivity contribution in [2.45, 2.75) is 25.3 Å². The van der Waals surface area contributed by atoms with Crippen molar-refractivity contribution in [1.82, 2.24) is 14.5 Å². The average Bonchev–Trinajstić information content (AvgIpc) is 3.19. The molecule has 1 saturated carbocycles.